The van der Waals surface area contributed by atoms with Crippen LogP contribution in [0.2, 0.25) is 0 Å². The van der Waals surface area contributed by atoms with Crippen molar-refractivity contribution in [2.45, 2.75) is 25.9 Å². The fraction of sp³-hybridized carbons (Fsp3) is 0.435. The highest BCUT2D eigenvalue weighted by Gasteiger charge is 2.29. The highest BCUT2D eigenvalue weighted by atomic mass is 127. The van der Waals surface area contributed by atoms with E-state index in [0.29, 0.717) is 5.92 Å². The summed E-state index contributed by atoms with van der Waals surface area (Å²) in [5.41, 5.74) is 2.52. The molecule has 5 nitrogen and oxygen atoms in total. The zero-order valence-electron chi connectivity index (χ0n) is 17.3. The summed E-state index contributed by atoms with van der Waals surface area (Å²) in [6.07, 6.45) is 2.13. The molecule has 2 N–H and O–H groups in total. The number of rotatable bonds is 8. The van der Waals surface area contributed by atoms with Gasteiger partial charge in [-0.15, -0.1) is 24.0 Å². The van der Waals surface area contributed by atoms with E-state index in [0.717, 1.165) is 50.8 Å². The van der Waals surface area contributed by atoms with Gasteiger partial charge in [0.25, 0.3) is 0 Å². The van der Waals surface area contributed by atoms with Gasteiger partial charge in [0, 0.05) is 32.2 Å². The molecule has 1 aliphatic heterocycles. The van der Waals surface area contributed by atoms with Crippen molar-refractivity contribution in [3.8, 4) is 5.75 Å². The summed E-state index contributed by atoms with van der Waals surface area (Å²) in [5, 5.41) is 6.79. The van der Waals surface area contributed by atoms with Gasteiger partial charge in [0.15, 0.2) is 5.96 Å². The fourth-order valence-electron chi connectivity index (χ4n) is 3.50. The number of halogens is 1. The number of nitrogens with zero attached hydrogens (tertiary/aromatic N) is 1. The summed E-state index contributed by atoms with van der Waals surface area (Å²) in [6.45, 7) is 5.34. The van der Waals surface area contributed by atoms with Gasteiger partial charge in [0.1, 0.15) is 5.75 Å². The maximum absolute atomic E-state index is 5.98. The van der Waals surface area contributed by atoms with Crippen LogP contribution in [-0.4, -0.2) is 39.3 Å². The van der Waals surface area contributed by atoms with E-state index in [1.807, 2.05) is 18.2 Å². The lowest BCUT2D eigenvalue weighted by Crippen LogP contribution is -2.38. The minimum absolute atomic E-state index is 0. The molecule has 0 aliphatic carbocycles. The summed E-state index contributed by atoms with van der Waals surface area (Å²) >= 11 is 0. The lowest BCUT2D eigenvalue weighted by atomic mass is 9.95. The normalized spacial score (nSPS) is 18.8. The highest BCUT2D eigenvalue weighted by molar-refractivity contribution is 14.0. The first-order chi connectivity index (χ1) is 13.8. The van der Waals surface area contributed by atoms with Crippen LogP contribution < -0.4 is 15.4 Å². The average Bonchev–Trinajstić information content (AvgIpc) is 3.22. The molecule has 158 valence electrons. The van der Waals surface area contributed by atoms with Gasteiger partial charge in [-0.2, -0.15) is 0 Å². The van der Waals surface area contributed by atoms with E-state index >= 15 is 0 Å². The molecule has 0 aromatic heterocycles. The van der Waals surface area contributed by atoms with Crippen molar-refractivity contribution in [3.05, 3.63) is 65.7 Å². The number of hydrogen-bond acceptors (Lipinski definition) is 3. The van der Waals surface area contributed by atoms with Gasteiger partial charge in [0.05, 0.1) is 13.2 Å². The maximum atomic E-state index is 5.98. The topological polar surface area (TPSA) is 54.9 Å². The molecule has 6 heteroatoms. The second-order valence-electron chi connectivity index (χ2n) is 7.00. The van der Waals surface area contributed by atoms with Crippen molar-refractivity contribution in [2.75, 3.05) is 33.4 Å². The van der Waals surface area contributed by atoms with Crippen molar-refractivity contribution in [2.24, 2.45) is 10.9 Å². The Labute approximate surface area is 191 Å². The predicted molar refractivity (Wildman–Crippen MR) is 129 cm³/mol. The van der Waals surface area contributed by atoms with Crippen LogP contribution in [0.5, 0.6) is 5.75 Å². The summed E-state index contributed by atoms with van der Waals surface area (Å²) in [6, 6.07) is 18.7. The quantitative estimate of drug-likeness (QED) is 0.319. The fourth-order valence-corrected chi connectivity index (χ4v) is 3.50. The summed E-state index contributed by atoms with van der Waals surface area (Å²) < 4.78 is 11.2. The monoisotopic (exact) mass is 509 g/mol. The molecule has 1 fully saturated rings. The molecule has 0 bridgehead atoms. The van der Waals surface area contributed by atoms with E-state index in [1.54, 1.807) is 7.11 Å². The van der Waals surface area contributed by atoms with Gasteiger partial charge in [-0.25, -0.2) is 0 Å². The first-order valence-corrected chi connectivity index (χ1v) is 10.1. The third-order valence-electron chi connectivity index (χ3n) is 5.04. The van der Waals surface area contributed by atoms with E-state index in [9.17, 15) is 0 Å². The van der Waals surface area contributed by atoms with Crippen LogP contribution in [0, 0.1) is 5.92 Å². The molecule has 0 amide bonds. The number of guanidine groups is 1. The maximum Gasteiger partial charge on any atom is 0.191 e. The van der Waals surface area contributed by atoms with Gasteiger partial charge in [-0.05, 0) is 43.0 Å². The molecular formula is C23H32IN3O2. The Morgan fingerprint density at radius 3 is 2.55 bits per heavy atom. The molecule has 2 aromatic carbocycles. The minimum atomic E-state index is 0. The molecule has 2 atom stereocenters. The van der Waals surface area contributed by atoms with Crippen LogP contribution in [0.4, 0.5) is 0 Å². The Morgan fingerprint density at radius 2 is 1.86 bits per heavy atom. The smallest absolute Gasteiger partial charge is 0.191 e. The number of methoxy groups -OCH3 is 1. The van der Waals surface area contributed by atoms with E-state index in [-0.39, 0.29) is 30.1 Å². The van der Waals surface area contributed by atoms with E-state index < -0.39 is 0 Å². The summed E-state index contributed by atoms with van der Waals surface area (Å²) in [5.74, 6) is 2.17. The second-order valence-corrected chi connectivity index (χ2v) is 7.00. The van der Waals surface area contributed by atoms with Gasteiger partial charge < -0.3 is 20.1 Å². The van der Waals surface area contributed by atoms with E-state index in [1.165, 1.54) is 11.1 Å². The van der Waals surface area contributed by atoms with Crippen LogP contribution in [0.1, 0.15) is 30.6 Å². The van der Waals surface area contributed by atoms with Crippen molar-refractivity contribution in [3.63, 3.8) is 0 Å². The molecular weight excluding hydrogens is 477 g/mol. The van der Waals surface area contributed by atoms with Crippen LogP contribution in [0.25, 0.3) is 0 Å². The number of benzene rings is 2. The largest absolute Gasteiger partial charge is 0.497 e. The zero-order valence-corrected chi connectivity index (χ0v) is 19.6. The van der Waals surface area contributed by atoms with Gasteiger partial charge in [-0.1, -0.05) is 42.5 Å². The molecule has 2 aromatic rings. The van der Waals surface area contributed by atoms with Crippen LogP contribution in [0.3, 0.4) is 0 Å². The lowest BCUT2D eigenvalue weighted by Gasteiger charge is -2.18. The lowest BCUT2D eigenvalue weighted by molar-refractivity contribution is 0.0925. The van der Waals surface area contributed by atoms with Crippen LogP contribution in [-0.2, 0) is 11.2 Å². The van der Waals surface area contributed by atoms with Gasteiger partial charge in [0.2, 0.25) is 0 Å². The first-order valence-electron chi connectivity index (χ1n) is 10.1. The van der Waals surface area contributed by atoms with Gasteiger partial charge >= 0.3 is 0 Å². The van der Waals surface area contributed by atoms with Crippen LogP contribution in [0.15, 0.2) is 59.6 Å². The molecule has 1 aliphatic rings. The van der Waals surface area contributed by atoms with Crippen molar-refractivity contribution < 1.29 is 9.47 Å². The van der Waals surface area contributed by atoms with Crippen molar-refractivity contribution in [1.82, 2.24) is 10.6 Å². The number of aliphatic imine (C=N–C) groups is 1. The molecule has 0 spiro atoms. The average molecular weight is 509 g/mol. The second kappa shape index (κ2) is 12.7. The molecule has 1 saturated heterocycles. The third kappa shape index (κ3) is 7.19. The molecule has 1 heterocycles. The number of ether oxygens (including phenoxy) is 2. The number of nitrogens with one attached hydrogen (secondary N) is 2. The third-order valence-corrected chi connectivity index (χ3v) is 5.04. The van der Waals surface area contributed by atoms with Gasteiger partial charge in [-0.3, -0.25) is 4.99 Å². The Bertz CT molecular complexity index is 738. The molecule has 0 saturated carbocycles. The molecule has 3 rings (SSSR count). The summed E-state index contributed by atoms with van der Waals surface area (Å²) in [4.78, 5) is 4.82. The van der Waals surface area contributed by atoms with Crippen molar-refractivity contribution in [1.29, 1.82) is 0 Å². The highest BCUT2D eigenvalue weighted by Crippen LogP contribution is 2.34. The first kappa shape index (κ1) is 23.5. The number of hydrogen-bond donors (Lipinski definition) is 2. The Morgan fingerprint density at radius 1 is 1.10 bits per heavy atom. The SMILES string of the molecule is CCNC(=NCC1CCOC1c1ccccc1)NCCc1ccc(OC)cc1.I. The Balaban J connectivity index is 0.00000300. The predicted octanol–water partition coefficient (Wildman–Crippen LogP) is 4.19. The minimum Gasteiger partial charge on any atom is -0.497 e. The molecule has 29 heavy (non-hydrogen) atoms. The van der Waals surface area contributed by atoms with Crippen molar-refractivity contribution >= 4 is 29.9 Å². The van der Waals surface area contributed by atoms with E-state index in [4.69, 9.17) is 14.5 Å². The zero-order chi connectivity index (χ0) is 19.6. The Hall–Kier alpha value is -1.80. The summed E-state index contributed by atoms with van der Waals surface area (Å²) in [7, 11) is 1.69. The standard InChI is InChI=1S/C23H31N3O2.HI/c1-3-24-23(25-15-13-18-9-11-21(27-2)12-10-18)26-17-20-14-16-28-22(20)19-7-5-4-6-8-19;/h4-12,20,22H,3,13-17H2,1-2H3,(H2,24,25,26);1H. The van der Waals surface area contributed by atoms with E-state index in [2.05, 4.69) is 54.0 Å². The Kier molecular flexibility index (Phi) is 10.3. The van der Waals surface area contributed by atoms with Crippen LogP contribution >= 0.6 is 24.0 Å². The molecule has 2 unspecified atom stereocenters. The molecule has 0 radical (unpaired) electrons.